The predicted molar refractivity (Wildman–Crippen MR) is 107 cm³/mol. The normalized spacial score (nSPS) is 15.1. The van der Waals surface area contributed by atoms with Crippen molar-refractivity contribution in [1.82, 2.24) is 9.88 Å². The van der Waals surface area contributed by atoms with Gasteiger partial charge in [0.1, 0.15) is 5.69 Å². The molecule has 1 aliphatic rings. The van der Waals surface area contributed by atoms with Crippen LogP contribution in [0.1, 0.15) is 36.8 Å². The van der Waals surface area contributed by atoms with Gasteiger partial charge in [-0.1, -0.05) is 12.1 Å². The van der Waals surface area contributed by atoms with Crippen molar-refractivity contribution in [2.45, 2.75) is 33.2 Å². The van der Waals surface area contributed by atoms with Crippen molar-refractivity contribution < 1.29 is 4.79 Å². The number of amides is 1. The summed E-state index contributed by atoms with van der Waals surface area (Å²) in [5, 5.41) is 3.39. The second-order valence-electron chi connectivity index (χ2n) is 7.92. The molecular weight excluding hydrogens is 324 g/mol. The number of nitrogens with one attached hydrogen (secondary N) is 1. The monoisotopic (exact) mass is 352 g/mol. The smallest absolute Gasteiger partial charge is 0.272 e. The molecule has 0 radical (unpaired) electrons. The number of hydrogen-bond donors (Lipinski definition) is 1. The van der Waals surface area contributed by atoms with E-state index < -0.39 is 0 Å². The highest BCUT2D eigenvalue weighted by Gasteiger charge is 2.23. The van der Waals surface area contributed by atoms with E-state index in [1.54, 1.807) is 6.20 Å². The highest BCUT2D eigenvalue weighted by atomic mass is 16.2. The fourth-order valence-electron chi connectivity index (χ4n) is 3.21. The SMILES string of the molecule is Cc1cccc(N2CCN(C(=O)c3cc(NC(C)(C)C)ccn3)CC2)c1. The van der Waals surface area contributed by atoms with Crippen LogP contribution in [0.15, 0.2) is 42.6 Å². The fourth-order valence-corrected chi connectivity index (χ4v) is 3.21. The summed E-state index contributed by atoms with van der Waals surface area (Å²) in [7, 11) is 0. The van der Waals surface area contributed by atoms with E-state index in [-0.39, 0.29) is 11.4 Å². The molecular formula is C21H28N4O. The first-order chi connectivity index (χ1) is 12.3. The van der Waals surface area contributed by atoms with Crippen molar-refractivity contribution in [3.05, 3.63) is 53.9 Å². The molecule has 1 aromatic carbocycles. The van der Waals surface area contributed by atoms with Crippen LogP contribution in [0.4, 0.5) is 11.4 Å². The zero-order valence-corrected chi connectivity index (χ0v) is 16.1. The molecule has 0 aliphatic carbocycles. The molecule has 2 heterocycles. The Kier molecular flexibility index (Phi) is 5.16. The second-order valence-corrected chi connectivity index (χ2v) is 7.92. The molecule has 0 saturated carbocycles. The summed E-state index contributed by atoms with van der Waals surface area (Å²) in [4.78, 5) is 21.4. The predicted octanol–water partition coefficient (Wildman–Crippen LogP) is 3.56. The van der Waals surface area contributed by atoms with Crippen LogP contribution in [-0.4, -0.2) is 47.5 Å². The lowest BCUT2D eigenvalue weighted by molar-refractivity contribution is 0.0741. The van der Waals surface area contributed by atoms with Gasteiger partial charge in [-0.2, -0.15) is 0 Å². The van der Waals surface area contributed by atoms with Crippen LogP contribution in [0.3, 0.4) is 0 Å². The molecule has 138 valence electrons. The van der Waals surface area contributed by atoms with Gasteiger partial charge < -0.3 is 15.1 Å². The summed E-state index contributed by atoms with van der Waals surface area (Å²) in [5.41, 5.74) is 3.86. The highest BCUT2D eigenvalue weighted by molar-refractivity contribution is 5.93. The second kappa shape index (κ2) is 7.36. The Morgan fingerprint density at radius 3 is 2.46 bits per heavy atom. The first kappa shape index (κ1) is 18.2. The summed E-state index contributed by atoms with van der Waals surface area (Å²) in [6, 6.07) is 12.3. The van der Waals surface area contributed by atoms with Gasteiger partial charge in [0, 0.05) is 49.3 Å². The molecule has 3 rings (SSSR count). The third-order valence-corrected chi connectivity index (χ3v) is 4.43. The van der Waals surface area contributed by atoms with Gasteiger partial charge in [0.05, 0.1) is 0 Å². The van der Waals surface area contributed by atoms with E-state index in [1.807, 2.05) is 17.0 Å². The molecule has 1 N–H and O–H groups in total. The van der Waals surface area contributed by atoms with Crippen molar-refractivity contribution in [3.8, 4) is 0 Å². The lowest BCUT2D eigenvalue weighted by Crippen LogP contribution is -2.49. The standard InChI is InChI=1S/C21H28N4O/c1-16-6-5-7-18(14-16)24-10-12-25(13-11-24)20(26)19-15-17(8-9-22-19)23-21(2,3)4/h5-9,14-15H,10-13H2,1-4H3,(H,22,23). The summed E-state index contributed by atoms with van der Waals surface area (Å²) in [5.74, 6) is 0.00597. The van der Waals surface area contributed by atoms with Gasteiger partial charge in [0.2, 0.25) is 0 Å². The topological polar surface area (TPSA) is 48.5 Å². The number of carbonyl (C=O) groups is 1. The third kappa shape index (κ3) is 4.54. The molecule has 1 saturated heterocycles. The molecule has 1 amide bonds. The van der Waals surface area contributed by atoms with Crippen LogP contribution in [0.25, 0.3) is 0 Å². The van der Waals surface area contributed by atoms with Crippen LogP contribution in [0.2, 0.25) is 0 Å². The van der Waals surface area contributed by atoms with E-state index in [1.165, 1.54) is 11.3 Å². The van der Waals surface area contributed by atoms with Gasteiger partial charge in [0.15, 0.2) is 0 Å². The highest BCUT2D eigenvalue weighted by Crippen LogP contribution is 2.20. The van der Waals surface area contributed by atoms with Gasteiger partial charge >= 0.3 is 0 Å². The Balaban J connectivity index is 1.64. The molecule has 1 aliphatic heterocycles. The number of rotatable bonds is 3. The van der Waals surface area contributed by atoms with E-state index in [0.29, 0.717) is 18.8 Å². The zero-order valence-electron chi connectivity index (χ0n) is 16.1. The number of aryl methyl sites for hydroxylation is 1. The third-order valence-electron chi connectivity index (χ3n) is 4.43. The quantitative estimate of drug-likeness (QED) is 0.917. The lowest BCUT2D eigenvalue weighted by atomic mass is 10.1. The fraction of sp³-hybridized carbons (Fsp3) is 0.429. The Hall–Kier alpha value is -2.56. The minimum atomic E-state index is -0.0545. The molecule has 5 heteroatoms. The van der Waals surface area contributed by atoms with E-state index in [9.17, 15) is 4.79 Å². The first-order valence-corrected chi connectivity index (χ1v) is 9.17. The molecule has 1 aromatic heterocycles. The number of pyridine rings is 1. The summed E-state index contributed by atoms with van der Waals surface area (Å²) < 4.78 is 0. The molecule has 5 nitrogen and oxygen atoms in total. The molecule has 0 bridgehead atoms. The zero-order chi connectivity index (χ0) is 18.7. The van der Waals surface area contributed by atoms with E-state index >= 15 is 0 Å². The van der Waals surface area contributed by atoms with Crippen LogP contribution < -0.4 is 10.2 Å². The van der Waals surface area contributed by atoms with Crippen LogP contribution >= 0.6 is 0 Å². The van der Waals surface area contributed by atoms with Gasteiger partial charge in [0.25, 0.3) is 5.91 Å². The molecule has 0 unspecified atom stereocenters. The number of benzene rings is 1. The van der Waals surface area contributed by atoms with Crippen molar-refractivity contribution in [2.75, 3.05) is 36.4 Å². The van der Waals surface area contributed by atoms with Crippen molar-refractivity contribution in [1.29, 1.82) is 0 Å². The maximum Gasteiger partial charge on any atom is 0.272 e. The average molecular weight is 352 g/mol. The molecule has 0 atom stereocenters. The lowest BCUT2D eigenvalue weighted by Gasteiger charge is -2.36. The number of piperazine rings is 1. The van der Waals surface area contributed by atoms with Crippen LogP contribution in [-0.2, 0) is 0 Å². The van der Waals surface area contributed by atoms with Crippen molar-refractivity contribution in [3.63, 3.8) is 0 Å². The molecule has 0 spiro atoms. The summed E-state index contributed by atoms with van der Waals surface area (Å²) >= 11 is 0. The van der Waals surface area contributed by atoms with Gasteiger partial charge in [-0.25, -0.2) is 0 Å². The van der Waals surface area contributed by atoms with E-state index in [0.717, 1.165) is 18.8 Å². The largest absolute Gasteiger partial charge is 0.380 e. The van der Waals surface area contributed by atoms with Gasteiger partial charge in [-0.3, -0.25) is 9.78 Å². The van der Waals surface area contributed by atoms with Gasteiger partial charge in [-0.05, 0) is 57.5 Å². The average Bonchev–Trinajstić information content (AvgIpc) is 2.60. The first-order valence-electron chi connectivity index (χ1n) is 9.17. The minimum absolute atomic E-state index is 0.00597. The molecule has 1 fully saturated rings. The summed E-state index contributed by atoms with van der Waals surface area (Å²) in [6.07, 6.45) is 1.70. The Morgan fingerprint density at radius 2 is 1.81 bits per heavy atom. The number of carbonyl (C=O) groups excluding carboxylic acids is 1. The molecule has 26 heavy (non-hydrogen) atoms. The summed E-state index contributed by atoms with van der Waals surface area (Å²) in [6.45, 7) is 11.5. The Morgan fingerprint density at radius 1 is 1.08 bits per heavy atom. The number of anilines is 2. The number of hydrogen-bond acceptors (Lipinski definition) is 4. The minimum Gasteiger partial charge on any atom is -0.380 e. The maximum atomic E-state index is 12.8. The van der Waals surface area contributed by atoms with E-state index in [4.69, 9.17) is 0 Å². The van der Waals surface area contributed by atoms with Crippen molar-refractivity contribution in [2.24, 2.45) is 0 Å². The Labute approximate surface area is 156 Å². The maximum absolute atomic E-state index is 12.8. The van der Waals surface area contributed by atoms with Crippen molar-refractivity contribution >= 4 is 17.3 Å². The van der Waals surface area contributed by atoms with E-state index in [2.05, 4.69) is 67.2 Å². The number of aromatic nitrogens is 1. The van der Waals surface area contributed by atoms with Crippen LogP contribution in [0, 0.1) is 6.92 Å². The van der Waals surface area contributed by atoms with Gasteiger partial charge in [-0.15, -0.1) is 0 Å². The van der Waals surface area contributed by atoms with Crippen LogP contribution in [0.5, 0.6) is 0 Å². The Bertz CT molecular complexity index is 774. The number of nitrogens with zero attached hydrogens (tertiary/aromatic N) is 3. The molecule has 2 aromatic rings.